The van der Waals surface area contributed by atoms with Crippen LogP contribution in [0.25, 0.3) is 0 Å². The number of nitrogens with one attached hydrogen (secondary N) is 1. The molecule has 9 unspecified atom stereocenters. The molecule has 0 bridgehead atoms. The molecule has 1 fully saturated rings. The Kier molecular flexibility index (Phi) is 61.1. The highest BCUT2D eigenvalue weighted by molar-refractivity contribution is 5.80. The van der Waals surface area contributed by atoms with Crippen LogP contribution in [0.2, 0.25) is 0 Å². The normalized spacial score (nSPS) is 18.7. The standard InChI is InChI=1S/C74H147NO10/c1-3-5-7-9-11-13-15-17-19-21-23-25-27-29-31-33-34-36-38-40-42-44-46-48-50-52-54-56-58-60-62-67(78)73(83)75-65(64-84-74-72(82)71(81)70(80)68(63-76)85-74)69(79)66(77)61-59-57-55-53-51-49-47-45-43-41-39-37-35-32-30-28-26-24-22-20-18-16-14-12-10-8-6-4-2/h65-72,74,76-82H,3-64H2,1-2H3,(H,75,83). The fraction of sp³-hybridized carbons (Fsp3) is 0.986. The highest BCUT2D eigenvalue weighted by atomic mass is 16.7. The quantitative estimate of drug-likeness (QED) is 0.0272. The van der Waals surface area contributed by atoms with E-state index in [4.69, 9.17) is 9.47 Å². The fourth-order valence-corrected chi connectivity index (χ4v) is 12.9. The SMILES string of the molecule is CCCCCCCCCCCCCCCCCCCCCCCCCCCCCCCCC(O)C(=O)NC(COC1OC(CO)C(O)C(O)C1O)C(O)C(O)CCCCCCCCCCCCCCCCCCCCCCCCCCCCCC. The number of aliphatic hydroxyl groups excluding tert-OH is 7. The molecule has 0 spiro atoms. The molecular weight excluding hydrogens is 1060 g/mol. The molecule has 9 atom stereocenters. The van der Waals surface area contributed by atoms with Crippen LogP contribution in [-0.2, 0) is 14.3 Å². The van der Waals surface area contributed by atoms with Crippen molar-refractivity contribution in [3.8, 4) is 0 Å². The van der Waals surface area contributed by atoms with E-state index in [0.717, 1.165) is 38.5 Å². The van der Waals surface area contributed by atoms with Crippen molar-refractivity contribution in [1.82, 2.24) is 5.32 Å². The van der Waals surface area contributed by atoms with Crippen LogP contribution < -0.4 is 5.32 Å². The third-order valence-electron chi connectivity index (χ3n) is 18.9. The molecule has 11 heteroatoms. The molecule has 0 aromatic rings. The Morgan fingerprint density at radius 1 is 0.365 bits per heavy atom. The van der Waals surface area contributed by atoms with Gasteiger partial charge in [0.05, 0.1) is 25.4 Å². The summed E-state index contributed by atoms with van der Waals surface area (Å²) >= 11 is 0. The van der Waals surface area contributed by atoms with E-state index in [0.29, 0.717) is 19.3 Å². The van der Waals surface area contributed by atoms with Gasteiger partial charge in [-0.3, -0.25) is 4.79 Å². The van der Waals surface area contributed by atoms with Gasteiger partial charge >= 0.3 is 0 Å². The van der Waals surface area contributed by atoms with Crippen LogP contribution in [-0.4, -0.2) is 110 Å². The monoisotopic (exact) mass is 1210 g/mol. The van der Waals surface area contributed by atoms with Gasteiger partial charge in [-0.15, -0.1) is 0 Å². The van der Waals surface area contributed by atoms with E-state index < -0.39 is 74.2 Å². The van der Waals surface area contributed by atoms with Gasteiger partial charge in [0.25, 0.3) is 0 Å². The molecule has 1 aliphatic heterocycles. The van der Waals surface area contributed by atoms with Crippen LogP contribution in [0.4, 0.5) is 0 Å². The van der Waals surface area contributed by atoms with Crippen LogP contribution in [0, 0.1) is 0 Å². The molecule has 0 aromatic carbocycles. The Bertz CT molecular complexity index is 1340. The van der Waals surface area contributed by atoms with Crippen molar-refractivity contribution in [2.24, 2.45) is 0 Å². The van der Waals surface area contributed by atoms with Crippen molar-refractivity contribution in [3.05, 3.63) is 0 Å². The van der Waals surface area contributed by atoms with Crippen molar-refractivity contribution >= 4 is 5.91 Å². The van der Waals surface area contributed by atoms with E-state index in [9.17, 15) is 40.5 Å². The summed E-state index contributed by atoms with van der Waals surface area (Å²) in [6, 6.07) is -1.17. The first-order chi connectivity index (χ1) is 41.7. The van der Waals surface area contributed by atoms with Crippen LogP contribution in [0.15, 0.2) is 0 Å². The summed E-state index contributed by atoms with van der Waals surface area (Å²) in [7, 11) is 0. The zero-order chi connectivity index (χ0) is 61.7. The Morgan fingerprint density at radius 3 is 0.871 bits per heavy atom. The van der Waals surface area contributed by atoms with Crippen molar-refractivity contribution in [1.29, 1.82) is 0 Å². The molecule has 1 aliphatic rings. The minimum atomic E-state index is -1.66. The average Bonchev–Trinajstić information content (AvgIpc) is 3.51. The van der Waals surface area contributed by atoms with E-state index in [1.54, 1.807) is 0 Å². The maximum atomic E-state index is 13.3. The summed E-state index contributed by atoms with van der Waals surface area (Å²) in [4.78, 5) is 13.3. The summed E-state index contributed by atoms with van der Waals surface area (Å²) < 4.78 is 11.2. The van der Waals surface area contributed by atoms with Gasteiger partial charge in [0.2, 0.25) is 5.91 Å². The second kappa shape index (κ2) is 63.3. The number of carbonyl (C=O) groups is 1. The number of ether oxygens (including phenoxy) is 2. The van der Waals surface area contributed by atoms with Crippen molar-refractivity contribution in [2.75, 3.05) is 13.2 Å². The summed E-state index contributed by atoms with van der Waals surface area (Å²) in [5, 5.41) is 76.7. The molecule has 508 valence electrons. The first-order valence-corrected chi connectivity index (χ1v) is 37.9. The molecule has 1 amide bonds. The number of carbonyl (C=O) groups excluding carboxylic acids is 1. The lowest BCUT2D eigenvalue weighted by molar-refractivity contribution is -0.303. The molecule has 1 rings (SSSR count). The van der Waals surface area contributed by atoms with Gasteiger partial charge in [0.15, 0.2) is 6.29 Å². The second-order valence-corrected chi connectivity index (χ2v) is 27.1. The van der Waals surface area contributed by atoms with Gasteiger partial charge in [-0.1, -0.05) is 386 Å². The number of hydrogen-bond donors (Lipinski definition) is 8. The minimum absolute atomic E-state index is 0.268. The molecule has 11 nitrogen and oxygen atoms in total. The topological polar surface area (TPSA) is 189 Å². The van der Waals surface area contributed by atoms with Gasteiger partial charge < -0.3 is 50.5 Å². The molecule has 85 heavy (non-hydrogen) atoms. The first kappa shape index (κ1) is 82.1. The van der Waals surface area contributed by atoms with Gasteiger partial charge in [0, 0.05) is 0 Å². The second-order valence-electron chi connectivity index (χ2n) is 27.1. The molecule has 1 heterocycles. The number of aliphatic hydroxyl groups is 7. The largest absolute Gasteiger partial charge is 0.394 e. The number of amides is 1. The zero-order valence-corrected chi connectivity index (χ0v) is 56.4. The smallest absolute Gasteiger partial charge is 0.249 e. The van der Waals surface area contributed by atoms with Gasteiger partial charge in [-0.2, -0.15) is 0 Å². The summed E-state index contributed by atoms with van der Waals surface area (Å²) in [5.41, 5.74) is 0. The fourth-order valence-electron chi connectivity index (χ4n) is 12.9. The average molecular weight is 1210 g/mol. The van der Waals surface area contributed by atoms with Crippen LogP contribution in [0.3, 0.4) is 0 Å². The summed E-state index contributed by atoms with van der Waals surface area (Å²) in [6.07, 6.45) is 66.3. The van der Waals surface area contributed by atoms with Crippen LogP contribution >= 0.6 is 0 Å². The molecule has 0 aliphatic carbocycles. The Morgan fingerprint density at radius 2 is 0.612 bits per heavy atom. The predicted octanol–water partition coefficient (Wildman–Crippen LogP) is 18.8. The lowest BCUT2D eigenvalue weighted by Gasteiger charge is -2.40. The van der Waals surface area contributed by atoms with Crippen molar-refractivity contribution < 1.29 is 50.0 Å². The zero-order valence-electron chi connectivity index (χ0n) is 56.4. The Balaban J connectivity index is 2.15. The van der Waals surface area contributed by atoms with E-state index in [-0.39, 0.29) is 6.42 Å². The lowest BCUT2D eigenvalue weighted by atomic mass is 9.98. The lowest BCUT2D eigenvalue weighted by Crippen LogP contribution is -2.60. The maximum Gasteiger partial charge on any atom is 0.249 e. The minimum Gasteiger partial charge on any atom is -0.394 e. The highest BCUT2D eigenvalue weighted by Gasteiger charge is 2.44. The molecule has 0 aromatic heterocycles. The van der Waals surface area contributed by atoms with E-state index in [2.05, 4.69) is 19.2 Å². The Hall–Kier alpha value is -0.890. The first-order valence-electron chi connectivity index (χ1n) is 37.9. The molecular formula is C74H147NO10. The molecule has 0 radical (unpaired) electrons. The predicted molar refractivity (Wildman–Crippen MR) is 358 cm³/mol. The van der Waals surface area contributed by atoms with E-state index in [1.165, 1.54) is 321 Å². The van der Waals surface area contributed by atoms with Gasteiger partial charge in [-0.25, -0.2) is 0 Å². The highest BCUT2D eigenvalue weighted by Crippen LogP contribution is 2.24. The van der Waals surface area contributed by atoms with E-state index in [1.807, 2.05) is 0 Å². The Labute approximate surface area is 526 Å². The van der Waals surface area contributed by atoms with E-state index >= 15 is 0 Å². The third-order valence-corrected chi connectivity index (χ3v) is 18.9. The van der Waals surface area contributed by atoms with Crippen LogP contribution in [0.1, 0.15) is 399 Å². The van der Waals surface area contributed by atoms with Gasteiger partial charge in [0.1, 0.15) is 36.6 Å². The summed E-state index contributed by atoms with van der Waals surface area (Å²) in [6.45, 7) is 3.54. The van der Waals surface area contributed by atoms with Crippen LogP contribution in [0.5, 0.6) is 0 Å². The molecule has 1 saturated heterocycles. The number of rotatable bonds is 68. The third kappa shape index (κ3) is 50.4. The summed E-state index contributed by atoms with van der Waals surface area (Å²) in [5.74, 6) is -0.686. The number of hydrogen-bond acceptors (Lipinski definition) is 10. The van der Waals surface area contributed by atoms with Crippen molar-refractivity contribution in [2.45, 2.75) is 454 Å². The number of unbranched alkanes of at least 4 members (excludes halogenated alkanes) is 56. The molecule has 0 saturated carbocycles. The molecule has 8 N–H and O–H groups in total. The van der Waals surface area contributed by atoms with Crippen molar-refractivity contribution in [3.63, 3.8) is 0 Å². The van der Waals surface area contributed by atoms with Gasteiger partial charge in [-0.05, 0) is 12.8 Å². The maximum absolute atomic E-state index is 13.3.